The maximum absolute atomic E-state index is 11.5. The molecular formula is C11H21NO3. The van der Waals surface area contributed by atoms with Gasteiger partial charge in [-0.25, -0.2) is 4.79 Å². The second kappa shape index (κ2) is 4.39. The topological polar surface area (TPSA) is 58.6 Å². The SMILES string of the molecule is C[C@@H]1CC[C@@H](O)[C@H]1NC(=O)OC(C)(C)C. The van der Waals surface area contributed by atoms with Gasteiger partial charge in [0.15, 0.2) is 0 Å². The Morgan fingerprint density at radius 1 is 1.40 bits per heavy atom. The lowest BCUT2D eigenvalue weighted by atomic mass is 10.1. The first-order valence-electron chi connectivity index (χ1n) is 5.47. The fourth-order valence-electron chi connectivity index (χ4n) is 1.85. The van der Waals surface area contributed by atoms with Crippen LogP contribution in [0.2, 0.25) is 0 Å². The van der Waals surface area contributed by atoms with Gasteiger partial charge in [0.05, 0.1) is 12.1 Å². The number of rotatable bonds is 1. The predicted molar refractivity (Wildman–Crippen MR) is 57.6 cm³/mol. The van der Waals surface area contributed by atoms with Crippen molar-refractivity contribution in [2.45, 2.75) is 58.3 Å². The van der Waals surface area contributed by atoms with E-state index in [2.05, 4.69) is 5.32 Å². The van der Waals surface area contributed by atoms with Crippen LogP contribution in [0.4, 0.5) is 4.79 Å². The van der Waals surface area contributed by atoms with Gasteiger partial charge in [0.25, 0.3) is 0 Å². The number of alkyl carbamates (subject to hydrolysis) is 1. The van der Waals surface area contributed by atoms with Crippen LogP contribution in [-0.4, -0.2) is 28.9 Å². The molecule has 4 nitrogen and oxygen atoms in total. The van der Waals surface area contributed by atoms with E-state index in [0.717, 1.165) is 12.8 Å². The molecule has 0 spiro atoms. The second-order valence-corrected chi connectivity index (χ2v) is 5.29. The molecule has 1 saturated carbocycles. The minimum atomic E-state index is -0.489. The lowest BCUT2D eigenvalue weighted by molar-refractivity contribution is 0.0429. The molecule has 1 aliphatic carbocycles. The molecule has 0 bridgehead atoms. The average molecular weight is 215 g/mol. The van der Waals surface area contributed by atoms with Gasteiger partial charge in [-0.05, 0) is 39.5 Å². The summed E-state index contributed by atoms with van der Waals surface area (Å²) in [5.41, 5.74) is -0.489. The van der Waals surface area contributed by atoms with Crippen LogP contribution >= 0.6 is 0 Å². The Labute approximate surface area is 91.0 Å². The fraction of sp³-hybridized carbons (Fsp3) is 0.909. The van der Waals surface area contributed by atoms with Gasteiger partial charge in [0.2, 0.25) is 0 Å². The van der Waals surface area contributed by atoms with Crippen LogP contribution in [0.5, 0.6) is 0 Å². The van der Waals surface area contributed by atoms with Gasteiger partial charge in [-0.2, -0.15) is 0 Å². The van der Waals surface area contributed by atoms with Gasteiger partial charge in [-0.15, -0.1) is 0 Å². The maximum atomic E-state index is 11.5. The predicted octanol–water partition coefficient (Wildman–Crippen LogP) is 1.67. The quantitative estimate of drug-likeness (QED) is 0.699. The minimum absolute atomic E-state index is 0.167. The van der Waals surface area contributed by atoms with Crippen LogP contribution in [0.1, 0.15) is 40.5 Å². The molecule has 1 amide bonds. The number of amides is 1. The highest BCUT2D eigenvalue weighted by molar-refractivity contribution is 5.68. The summed E-state index contributed by atoms with van der Waals surface area (Å²) < 4.78 is 5.14. The smallest absolute Gasteiger partial charge is 0.407 e. The van der Waals surface area contributed by atoms with E-state index in [0.29, 0.717) is 5.92 Å². The number of hydrogen-bond donors (Lipinski definition) is 2. The molecule has 1 rings (SSSR count). The van der Waals surface area contributed by atoms with Crippen LogP contribution in [-0.2, 0) is 4.74 Å². The van der Waals surface area contributed by atoms with E-state index in [9.17, 15) is 9.90 Å². The molecule has 0 radical (unpaired) electrons. The van der Waals surface area contributed by atoms with E-state index in [1.54, 1.807) is 0 Å². The first kappa shape index (κ1) is 12.3. The second-order valence-electron chi connectivity index (χ2n) is 5.29. The molecular weight excluding hydrogens is 194 g/mol. The number of nitrogens with one attached hydrogen (secondary N) is 1. The van der Waals surface area contributed by atoms with Gasteiger partial charge in [0, 0.05) is 0 Å². The Morgan fingerprint density at radius 3 is 2.40 bits per heavy atom. The first-order valence-corrected chi connectivity index (χ1v) is 5.47. The third-order valence-corrected chi connectivity index (χ3v) is 2.63. The summed E-state index contributed by atoms with van der Waals surface area (Å²) in [5, 5.41) is 12.4. The largest absolute Gasteiger partial charge is 0.444 e. The zero-order valence-corrected chi connectivity index (χ0v) is 9.91. The van der Waals surface area contributed by atoms with Crippen LogP contribution in [0.15, 0.2) is 0 Å². The van der Waals surface area contributed by atoms with Gasteiger partial charge in [-0.1, -0.05) is 6.92 Å². The maximum Gasteiger partial charge on any atom is 0.407 e. The fourth-order valence-corrected chi connectivity index (χ4v) is 1.85. The molecule has 1 aliphatic rings. The number of carbonyl (C=O) groups excluding carboxylic acids is 1. The van der Waals surface area contributed by atoms with Crippen molar-refractivity contribution in [3.8, 4) is 0 Å². The van der Waals surface area contributed by atoms with Crippen molar-refractivity contribution in [3.63, 3.8) is 0 Å². The molecule has 4 heteroatoms. The summed E-state index contributed by atoms with van der Waals surface area (Å²) in [5.74, 6) is 0.313. The van der Waals surface area contributed by atoms with Gasteiger partial charge in [0.1, 0.15) is 5.60 Å². The van der Waals surface area contributed by atoms with Crippen LogP contribution < -0.4 is 5.32 Å². The Hall–Kier alpha value is -0.770. The number of aliphatic hydroxyl groups is 1. The van der Waals surface area contributed by atoms with Gasteiger partial charge >= 0.3 is 6.09 Å². The van der Waals surface area contributed by atoms with E-state index in [-0.39, 0.29) is 6.04 Å². The highest BCUT2D eigenvalue weighted by Gasteiger charge is 2.34. The zero-order chi connectivity index (χ0) is 11.6. The molecule has 88 valence electrons. The molecule has 0 saturated heterocycles. The highest BCUT2D eigenvalue weighted by atomic mass is 16.6. The van der Waals surface area contributed by atoms with Crippen molar-refractivity contribution in [2.24, 2.45) is 5.92 Å². The van der Waals surface area contributed by atoms with Crippen molar-refractivity contribution >= 4 is 6.09 Å². The molecule has 0 aliphatic heterocycles. The van der Waals surface area contributed by atoms with E-state index in [1.165, 1.54) is 0 Å². The van der Waals surface area contributed by atoms with Gasteiger partial charge in [-0.3, -0.25) is 0 Å². The average Bonchev–Trinajstić information content (AvgIpc) is 2.32. The molecule has 0 heterocycles. The van der Waals surface area contributed by atoms with Crippen LogP contribution in [0, 0.1) is 5.92 Å². The molecule has 15 heavy (non-hydrogen) atoms. The minimum Gasteiger partial charge on any atom is -0.444 e. The lowest BCUT2D eigenvalue weighted by Crippen LogP contribution is -2.45. The standard InChI is InChI=1S/C11H21NO3/c1-7-5-6-8(13)9(7)12-10(14)15-11(2,3)4/h7-9,13H,5-6H2,1-4H3,(H,12,14)/t7-,8-,9+/m1/s1. The number of carbonyl (C=O) groups is 1. The lowest BCUT2D eigenvalue weighted by Gasteiger charge is -2.24. The normalized spacial score (nSPS) is 31.4. The van der Waals surface area contributed by atoms with Crippen molar-refractivity contribution in [3.05, 3.63) is 0 Å². The number of hydrogen-bond acceptors (Lipinski definition) is 3. The number of ether oxygens (including phenoxy) is 1. The Bertz CT molecular complexity index is 224. The van der Waals surface area contributed by atoms with Gasteiger partial charge < -0.3 is 15.2 Å². The Balaban J connectivity index is 2.44. The van der Waals surface area contributed by atoms with Crippen LogP contribution in [0.3, 0.4) is 0 Å². The van der Waals surface area contributed by atoms with Crippen LogP contribution in [0.25, 0.3) is 0 Å². The number of aliphatic hydroxyl groups excluding tert-OH is 1. The van der Waals surface area contributed by atoms with Crippen molar-refractivity contribution < 1.29 is 14.6 Å². The summed E-state index contributed by atoms with van der Waals surface area (Å²) in [6.07, 6.45) is 0.816. The van der Waals surface area contributed by atoms with Crippen molar-refractivity contribution in [1.82, 2.24) is 5.32 Å². The monoisotopic (exact) mass is 215 g/mol. The molecule has 0 unspecified atom stereocenters. The van der Waals surface area contributed by atoms with Crippen molar-refractivity contribution in [2.75, 3.05) is 0 Å². The molecule has 2 N–H and O–H groups in total. The summed E-state index contributed by atoms with van der Waals surface area (Å²) in [6.45, 7) is 7.49. The summed E-state index contributed by atoms with van der Waals surface area (Å²) in [6, 6.07) is -0.167. The summed E-state index contributed by atoms with van der Waals surface area (Å²) in [4.78, 5) is 11.5. The first-order chi connectivity index (χ1) is 6.79. The summed E-state index contributed by atoms with van der Waals surface area (Å²) >= 11 is 0. The Kier molecular flexibility index (Phi) is 3.60. The molecule has 1 fully saturated rings. The molecule has 0 aromatic rings. The molecule has 0 aromatic carbocycles. The van der Waals surface area contributed by atoms with E-state index in [4.69, 9.17) is 4.74 Å². The molecule has 0 aromatic heterocycles. The van der Waals surface area contributed by atoms with E-state index in [1.807, 2.05) is 27.7 Å². The zero-order valence-electron chi connectivity index (χ0n) is 9.91. The van der Waals surface area contributed by atoms with Crippen molar-refractivity contribution in [1.29, 1.82) is 0 Å². The third kappa shape index (κ3) is 3.70. The highest BCUT2D eigenvalue weighted by Crippen LogP contribution is 2.25. The third-order valence-electron chi connectivity index (χ3n) is 2.63. The van der Waals surface area contributed by atoms with E-state index < -0.39 is 17.8 Å². The van der Waals surface area contributed by atoms with E-state index >= 15 is 0 Å². The summed E-state index contributed by atoms with van der Waals surface area (Å²) in [7, 11) is 0. The Morgan fingerprint density at radius 2 is 2.00 bits per heavy atom. The molecule has 3 atom stereocenters.